The van der Waals surface area contributed by atoms with E-state index in [0.717, 1.165) is 12.0 Å². The summed E-state index contributed by atoms with van der Waals surface area (Å²) >= 11 is 0. The highest BCUT2D eigenvalue weighted by molar-refractivity contribution is 6.20. The van der Waals surface area contributed by atoms with E-state index in [0.29, 0.717) is 30.3 Å². The minimum Gasteiger partial charge on any atom is -0.325 e. The average molecular weight is 352 g/mol. The number of nitrogens with one attached hydrogen (secondary N) is 1. The van der Waals surface area contributed by atoms with Crippen LogP contribution in [0, 0.1) is 5.82 Å². The Labute approximate surface area is 149 Å². The lowest BCUT2D eigenvalue weighted by Gasteiger charge is -2.39. The number of fused-ring (bicyclic) bond motifs is 3. The first-order valence-electron chi connectivity index (χ1n) is 8.42. The Bertz CT molecular complexity index is 895. The molecule has 4 rings (SSSR count). The number of rotatable bonds is 3. The third-order valence-corrected chi connectivity index (χ3v) is 4.38. The molecule has 0 atom stereocenters. The Kier molecular flexibility index (Phi) is 4.12. The highest BCUT2D eigenvalue weighted by atomic mass is 19.1. The van der Waals surface area contributed by atoms with Gasteiger partial charge in [-0.25, -0.2) is 9.18 Å². The van der Waals surface area contributed by atoms with Crippen LogP contribution >= 0.6 is 0 Å². The molecule has 0 aromatic heterocycles. The Morgan fingerprint density at radius 1 is 1.15 bits per heavy atom. The van der Waals surface area contributed by atoms with Gasteiger partial charge in [0.15, 0.2) is 0 Å². The predicted molar refractivity (Wildman–Crippen MR) is 96.9 cm³/mol. The van der Waals surface area contributed by atoms with Gasteiger partial charge in [0.05, 0.1) is 5.69 Å². The van der Waals surface area contributed by atoms with Crippen LogP contribution < -0.4 is 10.2 Å². The number of hydrogen-bond acceptors (Lipinski definition) is 3. The SMILES string of the molecule is O=C(CN1C(=O)N2CCCN=C2c2ccccc21)Nc1ccc(F)cc1. The molecule has 0 radical (unpaired) electrons. The van der Waals surface area contributed by atoms with Gasteiger partial charge in [0, 0.05) is 24.3 Å². The van der Waals surface area contributed by atoms with Gasteiger partial charge in [-0.05, 0) is 42.8 Å². The molecule has 0 spiro atoms. The van der Waals surface area contributed by atoms with Gasteiger partial charge < -0.3 is 5.32 Å². The lowest BCUT2D eigenvalue weighted by atomic mass is 10.1. The molecule has 0 saturated carbocycles. The Hall–Kier alpha value is -3.22. The van der Waals surface area contributed by atoms with Gasteiger partial charge in [0.2, 0.25) is 5.91 Å². The van der Waals surface area contributed by atoms with E-state index in [-0.39, 0.29) is 24.3 Å². The molecule has 0 unspecified atom stereocenters. The van der Waals surface area contributed by atoms with Crippen molar-refractivity contribution >= 4 is 29.1 Å². The van der Waals surface area contributed by atoms with Gasteiger partial charge in [0.1, 0.15) is 18.2 Å². The zero-order valence-corrected chi connectivity index (χ0v) is 14.0. The van der Waals surface area contributed by atoms with E-state index in [1.807, 2.05) is 24.3 Å². The normalized spacial score (nSPS) is 15.9. The molecule has 2 aromatic carbocycles. The number of aliphatic imine (C=N–C) groups is 1. The smallest absolute Gasteiger partial charge is 0.325 e. The zero-order chi connectivity index (χ0) is 18.1. The van der Waals surface area contributed by atoms with Crippen molar-refractivity contribution in [1.29, 1.82) is 0 Å². The van der Waals surface area contributed by atoms with Crippen molar-refractivity contribution in [1.82, 2.24) is 4.90 Å². The van der Waals surface area contributed by atoms with Crippen molar-refractivity contribution in [3.63, 3.8) is 0 Å². The van der Waals surface area contributed by atoms with Crippen molar-refractivity contribution in [2.75, 3.05) is 29.9 Å². The summed E-state index contributed by atoms with van der Waals surface area (Å²) in [4.78, 5) is 32.9. The van der Waals surface area contributed by atoms with Gasteiger partial charge in [-0.3, -0.25) is 19.6 Å². The first-order chi connectivity index (χ1) is 12.6. The van der Waals surface area contributed by atoms with E-state index in [4.69, 9.17) is 0 Å². The highest BCUT2D eigenvalue weighted by Crippen LogP contribution is 2.30. The van der Waals surface area contributed by atoms with Gasteiger partial charge in [-0.1, -0.05) is 12.1 Å². The molecule has 132 valence electrons. The second kappa shape index (κ2) is 6.59. The number of anilines is 2. The molecule has 0 saturated heterocycles. The van der Waals surface area contributed by atoms with E-state index >= 15 is 0 Å². The summed E-state index contributed by atoms with van der Waals surface area (Å²) in [5.41, 5.74) is 2.00. The van der Waals surface area contributed by atoms with Crippen LogP contribution in [0.4, 0.5) is 20.6 Å². The van der Waals surface area contributed by atoms with Crippen LogP contribution in [0.25, 0.3) is 0 Å². The van der Waals surface area contributed by atoms with Crippen LogP contribution in [0.1, 0.15) is 12.0 Å². The van der Waals surface area contributed by atoms with E-state index in [2.05, 4.69) is 10.3 Å². The van der Waals surface area contributed by atoms with E-state index in [9.17, 15) is 14.0 Å². The molecular weight excluding hydrogens is 335 g/mol. The third-order valence-electron chi connectivity index (χ3n) is 4.38. The number of urea groups is 1. The first-order valence-corrected chi connectivity index (χ1v) is 8.42. The summed E-state index contributed by atoms with van der Waals surface area (Å²) in [5.74, 6) is -0.0516. The topological polar surface area (TPSA) is 65.0 Å². The summed E-state index contributed by atoms with van der Waals surface area (Å²) in [5, 5.41) is 2.69. The Balaban J connectivity index is 1.60. The molecule has 26 heavy (non-hydrogen) atoms. The molecule has 0 fully saturated rings. The number of halogens is 1. The number of benzene rings is 2. The lowest BCUT2D eigenvalue weighted by Crippen LogP contribution is -2.54. The maximum Gasteiger partial charge on any atom is 0.330 e. The molecule has 6 nitrogen and oxygen atoms in total. The minimum absolute atomic E-state index is 0.128. The van der Waals surface area contributed by atoms with E-state index in [1.54, 1.807) is 4.90 Å². The van der Waals surface area contributed by atoms with Crippen LogP contribution in [0.5, 0.6) is 0 Å². The number of para-hydroxylation sites is 1. The standard InChI is InChI=1S/C19H17FN4O2/c20-13-6-8-14(9-7-13)22-17(25)12-24-16-5-2-1-4-15(16)18-21-10-3-11-23(18)19(24)26/h1-2,4-9H,3,10-12H2,(H,22,25). The Morgan fingerprint density at radius 3 is 2.73 bits per heavy atom. The molecule has 1 N–H and O–H groups in total. The van der Waals surface area contributed by atoms with Gasteiger partial charge in [-0.15, -0.1) is 0 Å². The second-order valence-corrected chi connectivity index (χ2v) is 6.15. The molecule has 0 aliphatic carbocycles. The zero-order valence-electron chi connectivity index (χ0n) is 14.0. The van der Waals surface area contributed by atoms with Crippen LogP contribution in [0.15, 0.2) is 53.5 Å². The maximum atomic E-state index is 13.0. The van der Waals surface area contributed by atoms with E-state index in [1.165, 1.54) is 29.2 Å². The van der Waals surface area contributed by atoms with Crippen molar-refractivity contribution in [2.45, 2.75) is 6.42 Å². The summed E-state index contributed by atoms with van der Waals surface area (Å²) in [7, 11) is 0. The van der Waals surface area contributed by atoms with Gasteiger partial charge >= 0.3 is 6.03 Å². The fourth-order valence-electron chi connectivity index (χ4n) is 3.20. The van der Waals surface area contributed by atoms with Crippen molar-refractivity contribution in [3.05, 3.63) is 59.9 Å². The number of hydrogen-bond donors (Lipinski definition) is 1. The van der Waals surface area contributed by atoms with Crippen LogP contribution in [0.3, 0.4) is 0 Å². The average Bonchev–Trinajstić information content (AvgIpc) is 2.67. The molecular formula is C19H17FN4O2. The number of carbonyl (C=O) groups is 2. The van der Waals surface area contributed by atoms with Crippen LogP contribution in [-0.2, 0) is 4.79 Å². The third kappa shape index (κ3) is 2.92. The fourth-order valence-corrected chi connectivity index (χ4v) is 3.20. The second-order valence-electron chi connectivity index (χ2n) is 6.15. The van der Waals surface area contributed by atoms with Crippen molar-refractivity contribution in [3.8, 4) is 0 Å². The largest absolute Gasteiger partial charge is 0.330 e. The predicted octanol–water partition coefficient (Wildman–Crippen LogP) is 2.86. The number of amides is 3. The highest BCUT2D eigenvalue weighted by Gasteiger charge is 2.36. The van der Waals surface area contributed by atoms with Crippen molar-refractivity contribution < 1.29 is 14.0 Å². The Morgan fingerprint density at radius 2 is 1.92 bits per heavy atom. The summed E-state index contributed by atoms with van der Waals surface area (Å²) in [6.07, 6.45) is 0.799. The molecule has 3 amide bonds. The number of amidine groups is 1. The molecule has 2 heterocycles. The van der Waals surface area contributed by atoms with E-state index < -0.39 is 0 Å². The fraction of sp³-hybridized carbons (Fsp3) is 0.211. The monoisotopic (exact) mass is 352 g/mol. The quantitative estimate of drug-likeness (QED) is 0.923. The number of carbonyl (C=O) groups excluding carboxylic acids is 2. The summed E-state index contributed by atoms with van der Waals surface area (Å²) in [6.45, 7) is 1.15. The lowest BCUT2D eigenvalue weighted by molar-refractivity contribution is -0.114. The molecule has 0 bridgehead atoms. The summed E-state index contributed by atoms with van der Waals surface area (Å²) in [6, 6.07) is 12.7. The van der Waals surface area contributed by atoms with Crippen LogP contribution in [-0.4, -0.2) is 42.3 Å². The molecule has 2 aromatic rings. The van der Waals surface area contributed by atoms with Gasteiger partial charge in [0.25, 0.3) is 0 Å². The molecule has 7 heteroatoms. The molecule has 2 aliphatic heterocycles. The first kappa shape index (κ1) is 16.3. The number of nitrogens with zero attached hydrogens (tertiary/aromatic N) is 3. The van der Waals surface area contributed by atoms with Gasteiger partial charge in [-0.2, -0.15) is 0 Å². The summed E-state index contributed by atoms with van der Waals surface area (Å²) < 4.78 is 13.0. The minimum atomic E-state index is -0.375. The van der Waals surface area contributed by atoms with Crippen LogP contribution in [0.2, 0.25) is 0 Å². The maximum absolute atomic E-state index is 13.0. The molecule has 2 aliphatic rings. The van der Waals surface area contributed by atoms with Crippen molar-refractivity contribution in [2.24, 2.45) is 4.99 Å².